The van der Waals surface area contributed by atoms with Crippen molar-refractivity contribution in [1.82, 2.24) is 0 Å². The number of hydrogen-bond donors (Lipinski definition) is 1. The van der Waals surface area contributed by atoms with Gasteiger partial charge in [0.05, 0.1) is 0 Å². The summed E-state index contributed by atoms with van der Waals surface area (Å²) in [5.74, 6) is -3.18. The fourth-order valence-electron chi connectivity index (χ4n) is 1.46. The maximum atomic E-state index is 13.6. The molecule has 2 aromatic rings. The van der Waals surface area contributed by atoms with Gasteiger partial charge < -0.3 is 5.11 Å². The molecule has 0 bridgehead atoms. The molecular formula is C12H6Cl2F2O. The van der Waals surface area contributed by atoms with Crippen molar-refractivity contribution in [1.29, 1.82) is 0 Å². The van der Waals surface area contributed by atoms with Crippen LogP contribution in [-0.2, 0) is 0 Å². The smallest absolute Gasteiger partial charge is 0.200 e. The van der Waals surface area contributed by atoms with E-state index in [1.807, 2.05) is 0 Å². The van der Waals surface area contributed by atoms with E-state index < -0.39 is 17.4 Å². The van der Waals surface area contributed by atoms with Gasteiger partial charge in [-0.2, -0.15) is 4.39 Å². The van der Waals surface area contributed by atoms with Gasteiger partial charge in [0.2, 0.25) is 5.82 Å². The van der Waals surface area contributed by atoms with Gasteiger partial charge in [-0.3, -0.25) is 0 Å². The highest BCUT2D eigenvalue weighted by atomic mass is 35.5. The van der Waals surface area contributed by atoms with Gasteiger partial charge in [0.1, 0.15) is 0 Å². The zero-order chi connectivity index (χ0) is 12.6. The third-order valence-corrected chi connectivity index (χ3v) is 2.83. The van der Waals surface area contributed by atoms with E-state index in [1.54, 1.807) is 0 Å². The zero-order valence-corrected chi connectivity index (χ0v) is 9.86. The highest BCUT2D eigenvalue weighted by Crippen LogP contribution is 2.34. The predicted molar refractivity (Wildman–Crippen MR) is 63.5 cm³/mol. The molecule has 0 aromatic heterocycles. The van der Waals surface area contributed by atoms with Crippen LogP contribution in [0.1, 0.15) is 0 Å². The largest absolute Gasteiger partial charge is 0.505 e. The maximum absolute atomic E-state index is 13.6. The van der Waals surface area contributed by atoms with Crippen molar-refractivity contribution >= 4 is 23.2 Å². The Morgan fingerprint density at radius 3 is 2.18 bits per heavy atom. The monoisotopic (exact) mass is 274 g/mol. The van der Waals surface area contributed by atoms with Crippen molar-refractivity contribution in [3.63, 3.8) is 0 Å². The van der Waals surface area contributed by atoms with Crippen LogP contribution in [0.2, 0.25) is 10.0 Å². The standard InChI is InChI=1S/C12H6Cl2F2O/c13-6-1-2-7(9(14)5-6)8-3-4-10(17)12(16)11(8)15/h1-5,17H. The molecule has 0 saturated carbocycles. The Morgan fingerprint density at radius 1 is 0.882 bits per heavy atom. The lowest BCUT2D eigenvalue weighted by Crippen LogP contribution is -1.91. The Morgan fingerprint density at radius 2 is 1.53 bits per heavy atom. The van der Waals surface area contributed by atoms with Gasteiger partial charge in [0.15, 0.2) is 11.6 Å². The van der Waals surface area contributed by atoms with E-state index in [0.717, 1.165) is 6.07 Å². The van der Waals surface area contributed by atoms with Crippen molar-refractivity contribution in [2.45, 2.75) is 0 Å². The average molecular weight is 275 g/mol. The number of phenols is 1. The van der Waals surface area contributed by atoms with E-state index >= 15 is 0 Å². The molecule has 0 radical (unpaired) electrons. The van der Waals surface area contributed by atoms with Crippen LogP contribution < -0.4 is 0 Å². The molecule has 0 spiro atoms. The molecule has 0 unspecified atom stereocenters. The molecule has 0 aliphatic rings. The molecule has 0 aliphatic heterocycles. The normalized spacial score (nSPS) is 10.6. The minimum absolute atomic E-state index is 0.0260. The maximum Gasteiger partial charge on any atom is 0.200 e. The van der Waals surface area contributed by atoms with Gasteiger partial charge >= 0.3 is 0 Å². The van der Waals surface area contributed by atoms with E-state index in [0.29, 0.717) is 10.6 Å². The number of rotatable bonds is 1. The molecular weight excluding hydrogens is 269 g/mol. The van der Waals surface area contributed by atoms with E-state index in [-0.39, 0.29) is 10.6 Å². The summed E-state index contributed by atoms with van der Waals surface area (Å²) < 4.78 is 26.8. The van der Waals surface area contributed by atoms with E-state index in [9.17, 15) is 8.78 Å². The summed E-state index contributed by atoms with van der Waals surface area (Å²) in [6.07, 6.45) is 0. The summed E-state index contributed by atoms with van der Waals surface area (Å²) >= 11 is 11.6. The van der Waals surface area contributed by atoms with E-state index in [1.165, 1.54) is 24.3 Å². The van der Waals surface area contributed by atoms with Crippen LogP contribution in [0, 0.1) is 11.6 Å². The second kappa shape index (κ2) is 4.51. The number of halogens is 4. The Hall–Kier alpha value is -1.32. The second-order valence-electron chi connectivity index (χ2n) is 3.38. The molecule has 0 atom stereocenters. The molecule has 0 saturated heterocycles. The van der Waals surface area contributed by atoms with Crippen molar-refractivity contribution in [2.75, 3.05) is 0 Å². The molecule has 17 heavy (non-hydrogen) atoms. The molecule has 0 aliphatic carbocycles. The highest BCUT2D eigenvalue weighted by molar-refractivity contribution is 6.36. The first kappa shape index (κ1) is 12.1. The van der Waals surface area contributed by atoms with E-state index in [4.69, 9.17) is 28.3 Å². The molecule has 1 nitrogen and oxygen atoms in total. The zero-order valence-electron chi connectivity index (χ0n) is 8.35. The van der Waals surface area contributed by atoms with Crippen LogP contribution >= 0.6 is 23.2 Å². The van der Waals surface area contributed by atoms with Gasteiger partial charge in [-0.05, 0) is 24.3 Å². The van der Waals surface area contributed by atoms with Gasteiger partial charge in [0, 0.05) is 21.2 Å². The fourth-order valence-corrected chi connectivity index (χ4v) is 1.97. The average Bonchev–Trinajstić information content (AvgIpc) is 2.28. The van der Waals surface area contributed by atoms with Crippen LogP contribution in [-0.4, -0.2) is 5.11 Å². The Labute approximate surface area is 106 Å². The topological polar surface area (TPSA) is 20.2 Å². The lowest BCUT2D eigenvalue weighted by Gasteiger charge is -2.07. The Kier molecular flexibility index (Phi) is 3.22. The predicted octanol–water partition coefficient (Wildman–Crippen LogP) is 4.64. The van der Waals surface area contributed by atoms with Crippen LogP contribution in [0.5, 0.6) is 5.75 Å². The van der Waals surface area contributed by atoms with Crippen LogP contribution in [0.3, 0.4) is 0 Å². The molecule has 0 heterocycles. The molecule has 2 rings (SSSR count). The van der Waals surface area contributed by atoms with E-state index in [2.05, 4.69) is 0 Å². The van der Waals surface area contributed by atoms with Crippen LogP contribution in [0.25, 0.3) is 11.1 Å². The quantitative estimate of drug-likeness (QED) is 0.803. The molecule has 2 aromatic carbocycles. The first-order chi connectivity index (χ1) is 8.00. The van der Waals surface area contributed by atoms with Crippen molar-refractivity contribution in [3.8, 4) is 16.9 Å². The Balaban J connectivity index is 2.65. The summed E-state index contributed by atoms with van der Waals surface area (Å²) in [5, 5.41) is 9.63. The lowest BCUT2D eigenvalue weighted by atomic mass is 10.0. The molecule has 1 N–H and O–H groups in total. The fraction of sp³-hybridized carbons (Fsp3) is 0. The number of aromatic hydroxyl groups is 1. The lowest BCUT2D eigenvalue weighted by molar-refractivity contribution is 0.408. The summed E-state index contributed by atoms with van der Waals surface area (Å²) in [6, 6.07) is 6.76. The molecule has 5 heteroatoms. The first-order valence-electron chi connectivity index (χ1n) is 4.63. The second-order valence-corrected chi connectivity index (χ2v) is 4.23. The minimum Gasteiger partial charge on any atom is -0.505 e. The summed E-state index contributed by atoms with van der Waals surface area (Å²) in [5.41, 5.74) is 0.287. The van der Waals surface area contributed by atoms with Gasteiger partial charge in [-0.1, -0.05) is 29.3 Å². The first-order valence-corrected chi connectivity index (χ1v) is 5.38. The SMILES string of the molecule is Oc1ccc(-c2ccc(Cl)cc2Cl)c(F)c1F. The van der Waals surface area contributed by atoms with Gasteiger partial charge in [0.25, 0.3) is 0 Å². The highest BCUT2D eigenvalue weighted by Gasteiger charge is 2.16. The summed E-state index contributed by atoms with van der Waals surface area (Å²) in [4.78, 5) is 0. The molecule has 0 amide bonds. The number of benzene rings is 2. The Bertz CT molecular complexity index is 585. The number of phenolic OH excluding ortho intramolecular Hbond substituents is 1. The summed E-state index contributed by atoms with van der Waals surface area (Å²) in [6.45, 7) is 0. The van der Waals surface area contributed by atoms with Gasteiger partial charge in [-0.15, -0.1) is 0 Å². The minimum atomic E-state index is -1.30. The van der Waals surface area contributed by atoms with Crippen molar-refractivity contribution < 1.29 is 13.9 Å². The van der Waals surface area contributed by atoms with Crippen LogP contribution in [0.15, 0.2) is 30.3 Å². The third-order valence-electron chi connectivity index (χ3n) is 2.28. The number of hydrogen-bond acceptors (Lipinski definition) is 1. The van der Waals surface area contributed by atoms with Crippen molar-refractivity contribution in [2.24, 2.45) is 0 Å². The van der Waals surface area contributed by atoms with Crippen molar-refractivity contribution in [3.05, 3.63) is 52.0 Å². The third kappa shape index (κ3) is 2.21. The summed E-state index contributed by atoms with van der Waals surface area (Å²) in [7, 11) is 0. The van der Waals surface area contributed by atoms with Gasteiger partial charge in [-0.25, -0.2) is 4.39 Å². The molecule has 0 fully saturated rings. The molecule has 88 valence electrons. The van der Waals surface area contributed by atoms with Crippen LogP contribution in [0.4, 0.5) is 8.78 Å².